The van der Waals surface area contributed by atoms with Crippen molar-refractivity contribution in [2.45, 2.75) is 38.5 Å². The zero-order chi connectivity index (χ0) is 17.4. The predicted molar refractivity (Wildman–Crippen MR) is 93.5 cm³/mol. The van der Waals surface area contributed by atoms with E-state index in [2.05, 4.69) is 34.2 Å². The summed E-state index contributed by atoms with van der Waals surface area (Å²) in [6, 6.07) is 5.88. The minimum Gasteiger partial charge on any atom is -0.338 e. The zero-order valence-corrected chi connectivity index (χ0v) is 14.5. The van der Waals surface area contributed by atoms with Crippen molar-refractivity contribution in [3.05, 3.63) is 47.7 Å². The lowest BCUT2D eigenvalue weighted by Gasteiger charge is -2.32. The van der Waals surface area contributed by atoms with Crippen LogP contribution in [-0.4, -0.2) is 48.7 Å². The van der Waals surface area contributed by atoms with Crippen LogP contribution < -0.4 is 0 Å². The number of nitrogens with zero attached hydrogens (tertiary/aromatic N) is 5. The van der Waals surface area contributed by atoms with Crippen LogP contribution in [0.5, 0.6) is 0 Å². The lowest BCUT2D eigenvalue weighted by molar-refractivity contribution is 0.0702. The highest BCUT2D eigenvalue weighted by molar-refractivity contribution is 5.95. The van der Waals surface area contributed by atoms with Gasteiger partial charge in [0.2, 0.25) is 0 Å². The Hall–Kier alpha value is -2.70. The summed E-state index contributed by atoms with van der Waals surface area (Å²) in [6.45, 7) is 5.56. The van der Waals surface area contributed by atoms with E-state index in [1.165, 1.54) is 0 Å². The highest BCUT2D eigenvalue weighted by Crippen LogP contribution is 2.28. The third-order valence-electron chi connectivity index (χ3n) is 4.89. The summed E-state index contributed by atoms with van der Waals surface area (Å²) in [4.78, 5) is 14.9. The Morgan fingerprint density at radius 3 is 3.04 bits per heavy atom. The van der Waals surface area contributed by atoms with Gasteiger partial charge in [-0.15, -0.1) is 10.2 Å². The van der Waals surface area contributed by atoms with Gasteiger partial charge >= 0.3 is 0 Å². The molecule has 1 aliphatic heterocycles. The molecule has 0 spiro atoms. The number of amides is 1. The van der Waals surface area contributed by atoms with Crippen LogP contribution in [-0.2, 0) is 0 Å². The van der Waals surface area contributed by atoms with E-state index in [-0.39, 0.29) is 17.7 Å². The SMILES string of the molecule is CC(C)c1[nH]ncc1C(=O)N1CCC[C@H](c2nnc3ccccn23)C1. The topological polar surface area (TPSA) is 79.2 Å². The number of fused-ring (bicyclic) bond motifs is 1. The molecule has 1 fully saturated rings. The molecule has 0 aliphatic carbocycles. The molecule has 25 heavy (non-hydrogen) atoms. The second-order valence-electron chi connectivity index (χ2n) is 6.93. The summed E-state index contributed by atoms with van der Waals surface area (Å²) in [5.74, 6) is 1.42. The standard InChI is InChI=1S/C18H22N6O/c1-12(2)16-14(10-19-21-16)18(25)23-8-5-6-13(11-23)17-22-20-15-7-3-4-9-24(15)17/h3-4,7,9-10,12-13H,5-6,8,11H2,1-2H3,(H,19,21)/t13-/m0/s1. The van der Waals surface area contributed by atoms with Gasteiger partial charge in [-0.05, 0) is 30.9 Å². The van der Waals surface area contributed by atoms with Crippen LogP contribution in [0.2, 0.25) is 0 Å². The number of likely N-dealkylation sites (tertiary alicyclic amines) is 1. The van der Waals surface area contributed by atoms with E-state index in [4.69, 9.17) is 0 Å². The Labute approximate surface area is 146 Å². The van der Waals surface area contributed by atoms with Crippen molar-refractivity contribution in [1.82, 2.24) is 29.7 Å². The number of hydrogen-bond donors (Lipinski definition) is 1. The van der Waals surface area contributed by atoms with Gasteiger partial charge in [0, 0.05) is 25.2 Å². The molecule has 7 heteroatoms. The second-order valence-corrected chi connectivity index (χ2v) is 6.93. The highest BCUT2D eigenvalue weighted by atomic mass is 16.2. The Balaban J connectivity index is 1.59. The number of nitrogens with one attached hydrogen (secondary N) is 1. The van der Waals surface area contributed by atoms with Crippen LogP contribution in [0.25, 0.3) is 5.65 Å². The molecule has 4 heterocycles. The molecule has 1 saturated heterocycles. The number of piperidine rings is 1. The fraction of sp³-hybridized carbons (Fsp3) is 0.444. The van der Waals surface area contributed by atoms with Gasteiger partial charge in [0.1, 0.15) is 5.82 Å². The van der Waals surface area contributed by atoms with E-state index in [1.54, 1.807) is 6.20 Å². The number of aromatic nitrogens is 5. The van der Waals surface area contributed by atoms with Crippen LogP contribution in [0.1, 0.15) is 60.4 Å². The van der Waals surface area contributed by atoms with Crippen molar-refractivity contribution >= 4 is 11.6 Å². The van der Waals surface area contributed by atoms with Crippen LogP contribution in [0, 0.1) is 0 Å². The van der Waals surface area contributed by atoms with E-state index in [0.29, 0.717) is 12.1 Å². The third kappa shape index (κ3) is 2.79. The Morgan fingerprint density at radius 2 is 2.20 bits per heavy atom. The van der Waals surface area contributed by atoms with E-state index in [0.717, 1.165) is 36.6 Å². The molecule has 0 bridgehead atoms. The van der Waals surface area contributed by atoms with Crippen LogP contribution in [0.15, 0.2) is 30.6 Å². The van der Waals surface area contributed by atoms with E-state index in [9.17, 15) is 4.79 Å². The van der Waals surface area contributed by atoms with E-state index < -0.39 is 0 Å². The molecule has 3 aromatic rings. The van der Waals surface area contributed by atoms with E-state index >= 15 is 0 Å². The molecule has 4 rings (SSSR count). The van der Waals surface area contributed by atoms with Crippen LogP contribution in [0.3, 0.4) is 0 Å². The van der Waals surface area contributed by atoms with Gasteiger partial charge in [-0.25, -0.2) is 0 Å². The Bertz CT molecular complexity index is 896. The fourth-order valence-electron chi connectivity index (χ4n) is 3.59. The zero-order valence-electron chi connectivity index (χ0n) is 14.5. The summed E-state index contributed by atoms with van der Waals surface area (Å²) < 4.78 is 2.02. The molecule has 7 nitrogen and oxygen atoms in total. The number of H-pyrrole nitrogens is 1. The first kappa shape index (κ1) is 15.8. The number of hydrogen-bond acceptors (Lipinski definition) is 4. The molecular weight excluding hydrogens is 316 g/mol. The number of rotatable bonds is 3. The first-order valence-electron chi connectivity index (χ1n) is 8.77. The molecule has 0 unspecified atom stereocenters. The molecule has 3 aromatic heterocycles. The van der Waals surface area contributed by atoms with E-state index in [1.807, 2.05) is 33.7 Å². The molecule has 130 valence electrons. The largest absolute Gasteiger partial charge is 0.338 e. The molecule has 0 radical (unpaired) electrons. The number of carbonyl (C=O) groups is 1. The summed E-state index contributed by atoms with van der Waals surface area (Å²) in [7, 11) is 0. The number of carbonyl (C=O) groups excluding carboxylic acids is 1. The maximum Gasteiger partial charge on any atom is 0.257 e. The third-order valence-corrected chi connectivity index (χ3v) is 4.89. The minimum atomic E-state index is 0.0518. The smallest absolute Gasteiger partial charge is 0.257 e. The molecule has 0 saturated carbocycles. The van der Waals surface area contributed by atoms with Gasteiger partial charge in [-0.2, -0.15) is 5.10 Å². The molecule has 1 aliphatic rings. The van der Waals surface area contributed by atoms with Crippen molar-refractivity contribution in [3.8, 4) is 0 Å². The highest BCUT2D eigenvalue weighted by Gasteiger charge is 2.30. The van der Waals surface area contributed by atoms with Crippen LogP contribution in [0.4, 0.5) is 0 Å². The lowest BCUT2D eigenvalue weighted by Crippen LogP contribution is -2.39. The molecule has 1 amide bonds. The number of aromatic amines is 1. The Kier molecular flexibility index (Phi) is 3.99. The van der Waals surface area contributed by atoms with Gasteiger partial charge < -0.3 is 4.90 Å². The summed E-state index contributed by atoms with van der Waals surface area (Å²) >= 11 is 0. The van der Waals surface area contributed by atoms with Crippen molar-refractivity contribution in [2.75, 3.05) is 13.1 Å². The monoisotopic (exact) mass is 338 g/mol. The lowest BCUT2D eigenvalue weighted by atomic mass is 9.96. The summed E-state index contributed by atoms with van der Waals surface area (Å²) in [5.41, 5.74) is 2.43. The summed E-state index contributed by atoms with van der Waals surface area (Å²) in [5, 5.41) is 15.7. The molecular formula is C18H22N6O. The minimum absolute atomic E-state index is 0.0518. The van der Waals surface area contributed by atoms with Gasteiger partial charge in [0.15, 0.2) is 5.65 Å². The van der Waals surface area contributed by atoms with Crippen molar-refractivity contribution in [2.24, 2.45) is 0 Å². The van der Waals surface area contributed by atoms with Crippen molar-refractivity contribution in [3.63, 3.8) is 0 Å². The van der Waals surface area contributed by atoms with Gasteiger partial charge in [-0.1, -0.05) is 19.9 Å². The van der Waals surface area contributed by atoms with Crippen LogP contribution >= 0.6 is 0 Å². The van der Waals surface area contributed by atoms with Crippen molar-refractivity contribution in [1.29, 1.82) is 0 Å². The first-order valence-corrected chi connectivity index (χ1v) is 8.77. The molecule has 1 N–H and O–H groups in total. The number of pyridine rings is 1. The fourth-order valence-corrected chi connectivity index (χ4v) is 3.59. The quantitative estimate of drug-likeness (QED) is 0.796. The normalized spacial score (nSPS) is 18.2. The van der Waals surface area contributed by atoms with Gasteiger partial charge in [-0.3, -0.25) is 14.3 Å². The predicted octanol–water partition coefficient (Wildman–Crippen LogP) is 2.60. The average Bonchev–Trinajstić information content (AvgIpc) is 3.28. The Morgan fingerprint density at radius 1 is 1.32 bits per heavy atom. The molecule has 0 aromatic carbocycles. The first-order chi connectivity index (χ1) is 12.1. The maximum atomic E-state index is 13.0. The summed E-state index contributed by atoms with van der Waals surface area (Å²) in [6.07, 6.45) is 5.61. The van der Waals surface area contributed by atoms with Gasteiger partial charge in [0.05, 0.1) is 17.5 Å². The maximum absolute atomic E-state index is 13.0. The van der Waals surface area contributed by atoms with Crippen molar-refractivity contribution < 1.29 is 4.79 Å². The molecule has 1 atom stereocenters. The average molecular weight is 338 g/mol. The second kappa shape index (κ2) is 6.31. The van der Waals surface area contributed by atoms with Gasteiger partial charge in [0.25, 0.3) is 5.91 Å².